The van der Waals surface area contributed by atoms with Crippen molar-refractivity contribution < 1.29 is 14.6 Å². The van der Waals surface area contributed by atoms with Crippen molar-refractivity contribution in [1.82, 2.24) is 9.97 Å². The first-order chi connectivity index (χ1) is 13.4. The van der Waals surface area contributed by atoms with Gasteiger partial charge in [0, 0.05) is 41.3 Å². The third kappa shape index (κ3) is 3.46. The molecule has 1 aliphatic rings. The van der Waals surface area contributed by atoms with Crippen molar-refractivity contribution in [2.45, 2.75) is 20.0 Å². The highest BCUT2D eigenvalue weighted by Crippen LogP contribution is 2.33. The van der Waals surface area contributed by atoms with E-state index in [9.17, 15) is 4.39 Å². The molecule has 1 atom stereocenters. The summed E-state index contributed by atoms with van der Waals surface area (Å²) in [5, 5.41) is 5.37. The molecule has 2 aromatic heterocycles. The van der Waals surface area contributed by atoms with Gasteiger partial charge in [-0.2, -0.15) is 9.82 Å². The first-order valence-corrected chi connectivity index (χ1v) is 9.33. The zero-order chi connectivity index (χ0) is 19.8. The molecule has 0 amide bonds. The lowest BCUT2D eigenvalue weighted by molar-refractivity contribution is -0.573. The van der Waals surface area contributed by atoms with Crippen molar-refractivity contribution in [3.8, 4) is 5.75 Å². The molecule has 142 valence electrons. The number of rotatable bonds is 4. The maximum absolute atomic E-state index is 13.5. The van der Waals surface area contributed by atoms with E-state index < -0.39 is 5.95 Å². The monoisotopic (exact) mass is 417 g/mol. The molecule has 3 heterocycles. The Morgan fingerprint density at radius 2 is 1.86 bits per heavy atom. The van der Waals surface area contributed by atoms with Gasteiger partial charge in [0.25, 0.3) is 0 Å². The number of nitrogens with two attached hydrogens (primary N) is 1. The van der Waals surface area contributed by atoms with E-state index in [0.717, 1.165) is 22.5 Å². The van der Waals surface area contributed by atoms with Crippen molar-refractivity contribution in [2.75, 3.05) is 0 Å². The number of halogens is 3. The molecule has 0 spiro atoms. The summed E-state index contributed by atoms with van der Waals surface area (Å²) < 4.78 is 19.6. The van der Waals surface area contributed by atoms with Gasteiger partial charge >= 0.3 is 0 Å². The molecule has 2 N–H and O–H groups in total. The quantitative estimate of drug-likeness (QED) is 0.390. The van der Waals surface area contributed by atoms with Crippen LogP contribution in [0, 0.1) is 12.9 Å². The van der Waals surface area contributed by atoms with E-state index in [-0.39, 0.29) is 6.10 Å². The van der Waals surface area contributed by atoms with Crippen LogP contribution in [0.15, 0.2) is 48.0 Å². The number of quaternary nitrogens is 1. The molecule has 0 radical (unpaired) electrons. The largest absolute Gasteiger partial charge is 0.486 e. The molecule has 1 aliphatic heterocycles. The Kier molecular flexibility index (Phi) is 5.02. The Morgan fingerprint density at radius 3 is 2.57 bits per heavy atom. The van der Waals surface area contributed by atoms with Crippen LogP contribution in [-0.2, 0) is 0 Å². The molecule has 0 fully saturated rings. The lowest BCUT2D eigenvalue weighted by atomic mass is 10.0. The van der Waals surface area contributed by atoms with Crippen LogP contribution in [0.3, 0.4) is 0 Å². The summed E-state index contributed by atoms with van der Waals surface area (Å²) in [5.74, 6) is 0.161. The second kappa shape index (κ2) is 7.47. The third-order valence-corrected chi connectivity index (χ3v) is 5.11. The Bertz CT molecular complexity index is 1080. The van der Waals surface area contributed by atoms with Gasteiger partial charge < -0.3 is 4.74 Å². The number of pyridine rings is 2. The van der Waals surface area contributed by atoms with Crippen LogP contribution >= 0.6 is 23.2 Å². The maximum Gasteiger partial charge on any atom is 0.215 e. The molecule has 3 aromatic rings. The number of ether oxygens (including phenoxy) is 1. The normalized spacial score (nSPS) is 13.8. The van der Waals surface area contributed by atoms with Crippen LogP contribution in [0.2, 0.25) is 10.0 Å². The summed E-state index contributed by atoms with van der Waals surface area (Å²) in [6.45, 7) is 3.55. The summed E-state index contributed by atoms with van der Waals surface area (Å²) in [6.07, 6.45) is 4.18. The smallest absolute Gasteiger partial charge is 0.215 e. The summed E-state index contributed by atoms with van der Waals surface area (Å²) in [6, 6.07) is 7.42. The molecule has 0 unspecified atom stereocenters. The molecule has 0 saturated carbocycles. The fraction of sp³-hybridized carbons (Fsp3) is 0.150. The Balaban J connectivity index is 1.64. The van der Waals surface area contributed by atoms with E-state index >= 15 is 0 Å². The number of aromatic nitrogens is 2. The molecule has 8 heteroatoms. The number of hydrogen-bond acceptors (Lipinski definition) is 4. The molecule has 0 bridgehead atoms. The third-order valence-electron chi connectivity index (χ3n) is 4.51. The number of fused-ring (bicyclic) bond motifs is 1. The summed E-state index contributed by atoms with van der Waals surface area (Å²) in [4.78, 5) is 7.76. The van der Waals surface area contributed by atoms with Crippen molar-refractivity contribution in [2.24, 2.45) is 5.10 Å². The highest BCUT2D eigenvalue weighted by Gasteiger charge is 2.25. The van der Waals surface area contributed by atoms with Crippen LogP contribution in [0.25, 0.3) is 0 Å². The predicted octanol–water partition coefficient (Wildman–Crippen LogP) is 4.33. The second-order valence-electron chi connectivity index (χ2n) is 6.46. The average Bonchev–Trinajstić information content (AvgIpc) is 3.07. The van der Waals surface area contributed by atoms with E-state index in [1.54, 1.807) is 18.4 Å². The van der Waals surface area contributed by atoms with Gasteiger partial charge in [-0.25, -0.2) is 4.98 Å². The predicted molar refractivity (Wildman–Crippen MR) is 106 cm³/mol. The van der Waals surface area contributed by atoms with Crippen molar-refractivity contribution in [3.05, 3.63) is 81.1 Å². The van der Waals surface area contributed by atoms with Gasteiger partial charge in [-0.1, -0.05) is 28.3 Å². The molecule has 0 aliphatic carbocycles. The minimum Gasteiger partial charge on any atom is -0.486 e. The maximum atomic E-state index is 13.5. The lowest BCUT2D eigenvalue weighted by Crippen LogP contribution is -2.69. The topological polar surface area (TPSA) is 64.0 Å². The molecule has 1 aromatic carbocycles. The standard InChI is InChI=1S/C20H15Cl2FN4O/c1-10-5-12(7-25-20(10)23)19-14-6-13(3-4-17(14)26-27-19)28-11(2)18-15(21)8-24-9-16(18)22/h3-9,11H,1-2H3,(H,26,27)/p+1/t11-/m1/s1. The van der Waals surface area contributed by atoms with Crippen LogP contribution < -0.4 is 10.2 Å². The second-order valence-corrected chi connectivity index (χ2v) is 7.28. The Hall–Kier alpha value is -2.54. The van der Waals surface area contributed by atoms with E-state index in [2.05, 4.69) is 15.1 Å². The average molecular weight is 418 g/mol. The first-order valence-electron chi connectivity index (χ1n) is 8.57. The molecular weight excluding hydrogens is 402 g/mol. The van der Waals surface area contributed by atoms with Crippen LogP contribution in [0.1, 0.15) is 35.3 Å². The Labute approximate surface area is 171 Å². The fourth-order valence-corrected chi connectivity index (χ4v) is 3.79. The molecule has 28 heavy (non-hydrogen) atoms. The van der Waals surface area contributed by atoms with E-state index in [4.69, 9.17) is 27.9 Å². The minimum atomic E-state index is -0.483. The zero-order valence-corrected chi connectivity index (χ0v) is 16.6. The fourth-order valence-electron chi connectivity index (χ4n) is 3.12. The van der Waals surface area contributed by atoms with Gasteiger partial charge in [-0.15, -0.1) is 0 Å². The molecule has 5 nitrogen and oxygen atoms in total. The summed E-state index contributed by atoms with van der Waals surface area (Å²) >= 11 is 12.5. The van der Waals surface area contributed by atoms with Crippen molar-refractivity contribution >= 4 is 34.6 Å². The number of aryl methyl sites for hydroxylation is 1. The van der Waals surface area contributed by atoms with Crippen LogP contribution in [0.4, 0.5) is 10.1 Å². The Morgan fingerprint density at radius 1 is 1.11 bits per heavy atom. The van der Waals surface area contributed by atoms with Crippen molar-refractivity contribution in [3.63, 3.8) is 0 Å². The van der Waals surface area contributed by atoms with E-state index in [1.807, 2.05) is 25.1 Å². The van der Waals surface area contributed by atoms with Gasteiger partial charge in [-0.05, 0) is 32.0 Å². The molecule has 4 rings (SSSR count). The van der Waals surface area contributed by atoms with Gasteiger partial charge in [0.05, 0.1) is 15.6 Å². The molecule has 0 saturated heterocycles. The van der Waals surface area contributed by atoms with Crippen LogP contribution in [-0.4, -0.2) is 15.7 Å². The van der Waals surface area contributed by atoms with Gasteiger partial charge in [0.2, 0.25) is 5.95 Å². The van der Waals surface area contributed by atoms with Gasteiger partial charge in [-0.3, -0.25) is 4.98 Å². The highest BCUT2D eigenvalue weighted by molar-refractivity contribution is 6.35. The number of nitrogens with zero attached hydrogens (tertiary/aromatic N) is 3. The van der Waals surface area contributed by atoms with Crippen LogP contribution in [0.5, 0.6) is 5.75 Å². The minimum absolute atomic E-state index is 0.374. The van der Waals surface area contributed by atoms with Crippen molar-refractivity contribution in [1.29, 1.82) is 0 Å². The lowest BCUT2D eigenvalue weighted by Gasteiger charge is -2.17. The summed E-state index contributed by atoms with van der Waals surface area (Å²) in [5.41, 5.74) is 6.24. The van der Waals surface area contributed by atoms with Gasteiger partial charge in [0.1, 0.15) is 17.6 Å². The number of hydrogen-bond donors (Lipinski definition) is 1. The molecular formula is C20H16Cl2FN4O+. The number of benzene rings is 1. The first kappa shape index (κ1) is 18.8. The van der Waals surface area contributed by atoms with E-state index in [0.29, 0.717) is 26.9 Å². The summed E-state index contributed by atoms with van der Waals surface area (Å²) in [7, 11) is 0. The van der Waals surface area contributed by atoms with E-state index in [1.165, 1.54) is 18.6 Å². The SMILES string of the molecule is Cc1cc(C2=N[NH2+]c3ccc(O[C@H](C)c4c(Cl)cncc4Cl)cc32)cnc1F. The zero-order valence-electron chi connectivity index (χ0n) is 15.1. The van der Waals surface area contributed by atoms with Gasteiger partial charge in [0.15, 0.2) is 5.69 Å². The highest BCUT2D eigenvalue weighted by atomic mass is 35.5.